The Morgan fingerprint density at radius 2 is 1.61 bits per heavy atom. The van der Waals surface area contributed by atoms with E-state index in [-0.39, 0.29) is 44.5 Å². The zero-order valence-corrected chi connectivity index (χ0v) is 14.9. The van der Waals surface area contributed by atoms with Crippen molar-refractivity contribution >= 4 is 11.8 Å². The van der Waals surface area contributed by atoms with E-state index in [1.165, 1.54) is 24.3 Å². The number of hydrogen-bond donors (Lipinski definition) is 4. The van der Waals surface area contributed by atoms with Gasteiger partial charge in [0.05, 0.1) is 38.0 Å². The Labute approximate surface area is 160 Å². The first kappa shape index (κ1) is 23.7. The molecule has 1 aromatic carbocycles. The van der Waals surface area contributed by atoms with Crippen molar-refractivity contribution in [3.8, 4) is 5.75 Å². The van der Waals surface area contributed by atoms with Crippen molar-refractivity contribution in [2.24, 2.45) is 0 Å². The van der Waals surface area contributed by atoms with Gasteiger partial charge in [0, 0.05) is 12.1 Å². The maximum absolute atomic E-state index is 11.4. The maximum Gasteiger partial charge on any atom is 0.513 e. The van der Waals surface area contributed by atoms with E-state index in [4.69, 9.17) is 29.2 Å². The van der Waals surface area contributed by atoms with Gasteiger partial charge >= 0.3 is 6.16 Å². The molecule has 3 unspecified atom stereocenters. The monoisotopic (exact) mass is 405 g/mol. The van der Waals surface area contributed by atoms with Crippen LogP contribution in [0, 0.1) is 10.1 Å². The second-order valence-electron chi connectivity index (χ2n) is 5.45. The molecule has 0 amide bonds. The molecular formula is C16H23NO11. The minimum Gasteiger partial charge on any atom is -0.432 e. The maximum atomic E-state index is 11.4. The van der Waals surface area contributed by atoms with Gasteiger partial charge in [-0.05, 0) is 12.1 Å². The Balaban J connectivity index is 2.06. The van der Waals surface area contributed by atoms with Crippen molar-refractivity contribution < 1.29 is 49.1 Å². The van der Waals surface area contributed by atoms with Crippen molar-refractivity contribution in [1.29, 1.82) is 0 Å². The van der Waals surface area contributed by atoms with E-state index >= 15 is 0 Å². The van der Waals surface area contributed by atoms with Gasteiger partial charge in [0.1, 0.15) is 30.7 Å². The van der Waals surface area contributed by atoms with E-state index in [1.54, 1.807) is 0 Å². The lowest BCUT2D eigenvalue weighted by Crippen LogP contribution is -2.42. The van der Waals surface area contributed by atoms with E-state index in [1.807, 2.05) is 0 Å². The van der Waals surface area contributed by atoms with Gasteiger partial charge in [-0.25, -0.2) is 4.79 Å². The summed E-state index contributed by atoms with van der Waals surface area (Å²) in [5.74, 6) is 0.0944. The predicted molar refractivity (Wildman–Crippen MR) is 91.8 cm³/mol. The van der Waals surface area contributed by atoms with Gasteiger partial charge in [0.2, 0.25) is 0 Å². The first-order valence-electron chi connectivity index (χ1n) is 8.24. The summed E-state index contributed by atoms with van der Waals surface area (Å²) in [7, 11) is 0. The van der Waals surface area contributed by atoms with Crippen molar-refractivity contribution in [2.75, 3.05) is 39.6 Å². The zero-order chi connectivity index (χ0) is 20.9. The summed E-state index contributed by atoms with van der Waals surface area (Å²) in [6, 6.07) is 4.90. The smallest absolute Gasteiger partial charge is 0.432 e. The number of carbonyl (C=O) groups is 1. The molecule has 4 N–H and O–H groups in total. The van der Waals surface area contributed by atoms with Crippen molar-refractivity contribution in [2.45, 2.75) is 18.3 Å². The molecule has 28 heavy (non-hydrogen) atoms. The van der Waals surface area contributed by atoms with Crippen LogP contribution in [0.2, 0.25) is 0 Å². The molecule has 0 heterocycles. The number of carbonyl (C=O) groups excluding carboxylic acids is 1. The second-order valence-corrected chi connectivity index (χ2v) is 5.45. The highest BCUT2D eigenvalue weighted by molar-refractivity contribution is 5.63. The molecule has 0 radical (unpaired) electrons. The Morgan fingerprint density at radius 1 is 1.00 bits per heavy atom. The molecule has 158 valence electrons. The molecular weight excluding hydrogens is 382 g/mol. The number of aliphatic hydroxyl groups excluding tert-OH is 4. The first-order valence-corrected chi connectivity index (χ1v) is 8.24. The first-order chi connectivity index (χ1) is 13.3. The summed E-state index contributed by atoms with van der Waals surface area (Å²) >= 11 is 0. The molecule has 0 aromatic heterocycles. The average Bonchev–Trinajstić information content (AvgIpc) is 2.68. The van der Waals surface area contributed by atoms with Gasteiger partial charge in [-0.3, -0.25) is 10.1 Å². The van der Waals surface area contributed by atoms with Gasteiger partial charge < -0.3 is 39.4 Å². The van der Waals surface area contributed by atoms with Crippen LogP contribution < -0.4 is 4.74 Å². The fraction of sp³-hybridized carbons (Fsp3) is 0.562. The van der Waals surface area contributed by atoms with Crippen LogP contribution in [0.15, 0.2) is 24.3 Å². The van der Waals surface area contributed by atoms with Crippen molar-refractivity contribution in [3.63, 3.8) is 0 Å². The minimum absolute atomic E-state index is 0.0487. The average molecular weight is 405 g/mol. The quantitative estimate of drug-likeness (QED) is 0.106. The number of nitrogens with zero attached hydrogens (tertiary/aromatic N) is 1. The third-order valence-electron chi connectivity index (χ3n) is 3.33. The highest BCUT2D eigenvalue weighted by Crippen LogP contribution is 2.17. The predicted octanol–water partition coefficient (Wildman–Crippen LogP) is -0.782. The van der Waals surface area contributed by atoms with Crippen LogP contribution in [0.5, 0.6) is 5.75 Å². The summed E-state index contributed by atoms with van der Waals surface area (Å²) < 4.78 is 19.7. The van der Waals surface area contributed by atoms with Crippen LogP contribution in [-0.4, -0.2) is 89.5 Å². The number of ether oxygens (including phenoxy) is 4. The standard InChI is InChI=1S/C16H23NO11/c18-9-13(19)15(21)14(20)10-26-6-5-25-7-8-27-16(22)28-12-3-1-11(2-4-12)17(23)24/h1-4,13-15,18-21H,5-10H2. The topological polar surface area (TPSA) is 178 Å². The summed E-state index contributed by atoms with van der Waals surface area (Å²) in [5.41, 5.74) is -0.136. The Kier molecular flexibility index (Phi) is 10.9. The number of rotatable bonds is 13. The van der Waals surface area contributed by atoms with Crippen LogP contribution in [0.3, 0.4) is 0 Å². The number of non-ortho nitro benzene ring substituents is 1. The zero-order valence-electron chi connectivity index (χ0n) is 14.9. The molecule has 12 heteroatoms. The van der Waals surface area contributed by atoms with E-state index in [2.05, 4.69) is 0 Å². The largest absolute Gasteiger partial charge is 0.513 e. The van der Waals surface area contributed by atoms with E-state index in [0.717, 1.165) is 0 Å². The van der Waals surface area contributed by atoms with E-state index < -0.39 is 36.0 Å². The van der Waals surface area contributed by atoms with Crippen LogP contribution in [0.1, 0.15) is 0 Å². The molecule has 3 atom stereocenters. The number of benzene rings is 1. The molecule has 1 aromatic rings. The molecule has 0 spiro atoms. The van der Waals surface area contributed by atoms with Gasteiger partial charge in [-0.15, -0.1) is 0 Å². The normalized spacial score (nSPS) is 14.1. The number of nitro groups is 1. The minimum atomic E-state index is -1.53. The fourth-order valence-electron chi connectivity index (χ4n) is 1.83. The van der Waals surface area contributed by atoms with Crippen LogP contribution >= 0.6 is 0 Å². The molecule has 0 fully saturated rings. The molecule has 0 saturated heterocycles. The molecule has 0 aliphatic rings. The molecule has 0 aliphatic carbocycles. The number of aliphatic hydroxyl groups is 4. The summed E-state index contributed by atoms with van der Waals surface area (Å²) in [6.07, 6.45) is -5.34. The Morgan fingerprint density at radius 3 is 2.21 bits per heavy atom. The fourth-order valence-corrected chi connectivity index (χ4v) is 1.83. The van der Waals surface area contributed by atoms with Crippen LogP contribution in [-0.2, 0) is 14.2 Å². The third kappa shape index (κ3) is 9.03. The molecule has 0 bridgehead atoms. The van der Waals surface area contributed by atoms with E-state index in [0.29, 0.717) is 0 Å². The molecule has 1 rings (SSSR count). The van der Waals surface area contributed by atoms with Crippen LogP contribution in [0.4, 0.5) is 10.5 Å². The van der Waals surface area contributed by atoms with Crippen molar-refractivity contribution in [3.05, 3.63) is 34.4 Å². The second kappa shape index (κ2) is 12.9. The number of hydrogen-bond acceptors (Lipinski definition) is 11. The highest BCUT2D eigenvalue weighted by atomic mass is 16.7. The lowest BCUT2D eigenvalue weighted by molar-refractivity contribution is -0.384. The van der Waals surface area contributed by atoms with Gasteiger partial charge in [-0.1, -0.05) is 0 Å². The van der Waals surface area contributed by atoms with Gasteiger partial charge in [0.15, 0.2) is 0 Å². The third-order valence-corrected chi connectivity index (χ3v) is 3.33. The lowest BCUT2D eigenvalue weighted by atomic mass is 10.1. The Hall–Kier alpha value is -2.35. The van der Waals surface area contributed by atoms with Crippen LogP contribution in [0.25, 0.3) is 0 Å². The van der Waals surface area contributed by atoms with Gasteiger partial charge in [0.25, 0.3) is 5.69 Å². The van der Waals surface area contributed by atoms with E-state index in [9.17, 15) is 25.1 Å². The molecule has 0 aliphatic heterocycles. The summed E-state index contributed by atoms with van der Waals surface area (Å²) in [4.78, 5) is 21.4. The summed E-state index contributed by atoms with van der Waals surface area (Å²) in [6.45, 7) is -0.811. The summed E-state index contributed by atoms with van der Waals surface area (Å²) in [5, 5.41) is 47.2. The number of nitro benzene ring substituents is 1. The molecule has 0 saturated carbocycles. The molecule has 12 nitrogen and oxygen atoms in total. The lowest BCUT2D eigenvalue weighted by Gasteiger charge is -2.21. The van der Waals surface area contributed by atoms with Crippen molar-refractivity contribution in [1.82, 2.24) is 0 Å². The highest BCUT2D eigenvalue weighted by Gasteiger charge is 2.23. The Bertz CT molecular complexity index is 595. The SMILES string of the molecule is O=C(OCCOCCOCC(O)C(O)C(O)CO)Oc1ccc([N+](=O)[O-])cc1. The van der Waals surface area contributed by atoms with Gasteiger partial charge in [-0.2, -0.15) is 0 Å².